The van der Waals surface area contributed by atoms with E-state index in [9.17, 15) is 14.7 Å². The van der Waals surface area contributed by atoms with Crippen molar-refractivity contribution in [2.24, 2.45) is 16.7 Å². The van der Waals surface area contributed by atoms with Crippen molar-refractivity contribution in [3.8, 4) is 0 Å². The highest BCUT2D eigenvalue weighted by molar-refractivity contribution is 5.75. The van der Waals surface area contributed by atoms with E-state index in [-0.39, 0.29) is 18.5 Å². The molecule has 0 saturated heterocycles. The molecule has 0 atom stereocenters. The quantitative estimate of drug-likeness (QED) is 0.0496. The van der Waals surface area contributed by atoms with Gasteiger partial charge in [-0.05, 0) is 102 Å². The van der Waals surface area contributed by atoms with Crippen molar-refractivity contribution in [3.63, 3.8) is 0 Å². The van der Waals surface area contributed by atoms with Gasteiger partial charge in [0, 0.05) is 13.0 Å². The van der Waals surface area contributed by atoms with Gasteiger partial charge in [0.25, 0.3) is 0 Å². The maximum Gasteiger partial charge on any atom is 0.311 e. The number of esters is 2. The fourth-order valence-corrected chi connectivity index (χ4v) is 7.93. The maximum absolute atomic E-state index is 12.8. The summed E-state index contributed by atoms with van der Waals surface area (Å²) in [7, 11) is 0. The molecule has 1 aliphatic carbocycles. The molecular formula is C47H91NO5. The number of hydrogen-bond acceptors (Lipinski definition) is 6. The SMILES string of the molecule is CCCCCCCCCOC(=O)C(C)(C)CCCCCCN(CCO)CCCCC1(CCC(=O)OCC(CCCCCCC)CCCCCCC)CC1. The minimum absolute atomic E-state index is 0.0228. The molecule has 0 aromatic rings. The van der Waals surface area contributed by atoms with Gasteiger partial charge >= 0.3 is 11.9 Å². The molecule has 6 heteroatoms. The Hall–Kier alpha value is -1.14. The van der Waals surface area contributed by atoms with Crippen molar-refractivity contribution in [1.29, 1.82) is 0 Å². The molecule has 1 rings (SSSR count). The van der Waals surface area contributed by atoms with E-state index in [1.165, 1.54) is 135 Å². The van der Waals surface area contributed by atoms with Gasteiger partial charge < -0.3 is 19.5 Å². The third-order valence-electron chi connectivity index (χ3n) is 12.1. The topological polar surface area (TPSA) is 76.1 Å². The highest BCUT2D eigenvalue weighted by Gasteiger charge is 2.41. The van der Waals surface area contributed by atoms with Gasteiger partial charge in [0.1, 0.15) is 0 Å². The van der Waals surface area contributed by atoms with Crippen LogP contribution in [0.2, 0.25) is 0 Å². The molecule has 1 N–H and O–H groups in total. The van der Waals surface area contributed by atoms with Crippen molar-refractivity contribution < 1.29 is 24.2 Å². The number of aliphatic hydroxyl groups excluding tert-OH is 1. The third kappa shape index (κ3) is 28.0. The summed E-state index contributed by atoms with van der Waals surface area (Å²) < 4.78 is 11.5. The summed E-state index contributed by atoms with van der Waals surface area (Å²) in [5.41, 5.74) is -0.0420. The molecule has 0 unspecified atom stereocenters. The number of nitrogens with zero attached hydrogens (tertiary/aromatic N) is 1. The molecule has 314 valence electrons. The standard InChI is InChI=1S/C47H91NO5/c1-6-9-12-15-16-21-28-41-52-45(51)46(4,5)32-24-19-20-26-37-48(39-40-49)38-27-25-33-47(35-36-47)34-31-44(50)53-42-43(29-22-17-13-10-7-2)30-23-18-14-11-8-3/h43,49H,6-42H2,1-5H3. The Kier molecular flexibility index (Phi) is 31.1. The zero-order valence-electron chi connectivity index (χ0n) is 36.3. The van der Waals surface area contributed by atoms with E-state index in [0.29, 0.717) is 31.0 Å². The highest BCUT2D eigenvalue weighted by atomic mass is 16.5. The predicted molar refractivity (Wildman–Crippen MR) is 225 cm³/mol. The lowest BCUT2D eigenvalue weighted by atomic mass is 9.87. The van der Waals surface area contributed by atoms with Crippen LogP contribution in [0.4, 0.5) is 0 Å². The smallest absolute Gasteiger partial charge is 0.311 e. The minimum Gasteiger partial charge on any atom is -0.465 e. The van der Waals surface area contributed by atoms with E-state index in [2.05, 4.69) is 25.7 Å². The second kappa shape index (κ2) is 33.0. The molecule has 0 aliphatic heterocycles. The molecule has 0 aromatic heterocycles. The van der Waals surface area contributed by atoms with Crippen molar-refractivity contribution in [1.82, 2.24) is 4.90 Å². The van der Waals surface area contributed by atoms with Gasteiger partial charge in [-0.3, -0.25) is 9.59 Å². The minimum atomic E-state index is -0.410. The fraction of sp³-hybridized carbons (Fsp3) is 0.957. The second-order valence-corrected chi connectivity index (χ2v) is 17.8. The van der Waals surface area contributed by atoms with Crippen molar-refractivity contribution in [2.75, 3.05) is 39.5 Å². The zero-order chi connectivity index (χ0) is 38.9. The van der Waals surface area contributed by atoms with E-state index < -0.39 is 5.41 Å². The molecule has 53 heavy (non-hydrogen) atoms. The third-order valence-corrected chi connectivity index (χ3v) is 12.1. The summed E-state index contributed by atoms with van der Waals surface area (Å²) in [6, 6.07) is 0. The summed E-state index contributed by atoms with van der Waals surface area (Å²) in [5, 5.41) is 9.67. The van der Waals surface area contributed by atoms with Crippen LogP contribution in [-0.2, 0) is 19.1 Å². The maximum atomic E-state index is 12.8. The molecule has 0 radical (unpaired) electrons. The lowest BCUT2D eigenvalue weighted by Crippen LogP contribution is -2.29. The van der Waals surface area contributed by atoms with E-state index in [1.807, 2.05) is 13.8 Å². The first-order valence-corrected chi connectivity index (χ1v) is 23.4. The van der Waals surface area contributed by atoms with Crippen LogP contribution in [-0.4, -0.2) is 61.4 Å². The summed E-state index contributed by atoms with van der Waals surface area (Å²) >= 11 is 0. The molecule has 6 nitrogen and oxygen atoms in total. The predicted octanol–water partition coefficient (Wildman–Crippen LogP) is 13.2. The molecule has 1 aliphatic rings. The van der Waals surface area contributed by atoms with Crippen LogP contribution in [0.15, 0.2) is 0 Å². The fourth-order valence-electron chi connectivity index (χ4n) is 7.93. The molecular weight excluding hydrogens is 659 g/mol. The number of ether oxygens (including phenoxy) is 2. The van der Waals surface area contributed by atoms with Crippen LogP contribution in [0.25, 0.3) is 0 Å². The van der Waals surface area contributed by atoms with Gasteiger partial charge in [0.2, 0.25) is 0 Å². The molecule has 0 spiro atoms. The van der Waals surface area contributed by atoms with Crippen LogP contribution < -0.4 is 0 Å². The Morgan fingerprint density at radius 1 is 0.623 bits per heavy atom. The molecule has 0 amide bonds. The first-order chi connectivity index (χ1) is 25.7. The Balaban J connectivity index is 2.22. The number of unbranched alkanes of at least 4 members (excludes halogenated alkanes) is 18. The molecule has 1 saturated carbocycles. The number of hydrogen-bond donors (Lipinski definition) is 1. The first kappa shape index (κ1) is 49.9. The van der Waals surface area contributed by atoms with E-state index in [0.717, 1.165) is 77.4 Å². The monoisotopic (exact) mass is 750 g/mol. The van der Waals surface area contributed by atoms with Crippen LogP contribution in [0.5, 0.6) is 0 Å². The first-order valence-electron chi connectivity index (χ1n) is 23.4. The summed E-state index contributed by atoms with van der Waals surface area (Å²) in [5.74, 6) is 0.516. The Bertz CT molecular complexity index is 842. The van der Waals surface area contributed by atoms with Gasteiger partial charge in [-0.15, -0.1) is 0 Å². The Labute approximate surface area is 330 Å². The van der Waals surface area contributed by atoms with Crippen molar-refractivity contribution in [2.45, 2.75) is 234 Å². The summed E-state index contributed by atoms with van der Waals surface area (Å²) in [6.07, 6.45) is 37.1. The average Bonchev–Trinajstić information content (AvgIpc) is 3.93. The number of carbonyl (C=O) groups excluding carboxylic acids is 2. The molecule has 1 fully saturated rings. The van der Waals surface area contributed by atoms with E-state index in [1.54, 1.807) is 0 Å². The molecule has 0 aromatic carbocycles. The van der Waals surface area contributed by atoms with Gasteiger partial charge in [0.15, 0.2) is 0 Å². The largest absolute Gasteiger partial charge is 0.465 e. The van der Waals surface area contributed by atoms with Crippen LogP contribution in [0, 0.1) is 16.7 Å². The second-order valence-electron chi connectivity index (χ2n) is 17.8. The number of rotatable bonds is 40. The molecule has 0 bridgehead atoms. The number of aliphatic hydroxyl groups is 1. The average molecular weight is 750 g/mol. The van der Waals surface area contributed by atoms with Gasteiger partial charge in [-0.2, -0.15) is 0 Å². The van der Waals surface area contributed by atoms with Crippen LogP contribution >= 0.6 is 0 Å². The Morgan fingerprint density at radius 3 is 1.70 bits per heavy atom. The summed E-state index contributed by atoms with van der Waals surface area (Å²) in [6.45, 7) is 15.0. The summed E-state index contributed by atoms with van der Waals surface area (Å²) in [4.78, 5) is 27.9. The normalized spacial score (nSPS) is 14.0. The van der Waals surface area contributed by atoms with E-state index in [4.69, 9.17) is 9.47 Å². The van der Waals surface area contributed by atoms with Crippen LogP contribution in [0.3, 0.4) is 0 Å². The van der Waals surface area contributed by atoms with Crippen molar-refractivity contribution in [3.05, 3.63) is 0 Å². The van der Waals surface area contributed by atoms with Gasteiger partial charge in [-0.25, -0.2) is 0 Å². The lowest BCUT2D eigenvalue weighted by Gasteiger charge is -2.23. The van der Waals surface area contributed by atoms with Gasteiger partial charge in [0.05, 0.1) is 25.2 Å². The molecule has 0 heterocycles. The number of carbonyl (C=O) groups is 2. The van der Waals surface area contributed by atoms with Crippen LogP contribution in [0.1, 0.15) is 234 Å². The van der Waals surface area contributed by atoms with Crippen molar-refractivity contribution >= 4 is 11.9 Å². The Morgan fingerprint density at radius 2 is 1.13 bits per heavy atom. The van der Waals surface area contributed by atoms with Gasteiger partial charge in [-0.1, -0.05) is 149 Å². The lowest BCUT2D eigenvalue weighted by molar-refractivity contribution is -0.154. The highest BCUT2D eigenvalue weighted by Crippen LogP contribution is 2.53. The van der Waals surface area contributed by atoms with E-state index >= 15 is 0 Å². The zero-order valence-corrected chi connectivity index (χ0v) is 36.3.